The van der Waals surface area contributed by atoms with E-state index in [1.54, 1.807) is 13.8 Å². The number of rotatable bonds is 9. The Labute approximate surface area is 269 Å². The number of nitrogens with zero attached hydrogens (tertiary/aromatic N) is 2. The third kappa shape index (κ3) is 6.01. The molecule has 0 unspecified atom stereocenters. The Kier molecular flexibility index (Phi) is 8.78. The van der Waals surface area contributed by atoms with Gasteiger partial charge in [-0.25, -0.2) is 22.3 Å². The molecule has 4 N–H and O–H groups in total. The Morgan fingerprint density at radius 2 is 1.65 bits per heavy atom. The fraction of sp³-hybridized carbons (Fsp3) is 0.382. The summed E-state index contributed by atoms with van der Waals surface area (Å²) >= 11 is 0. The molecule has 0 bridgehead atoms. The lowest BCUT2D eigenvalue weighted by Crippen LogP contribution is -2.42. The van der Waals surface area contributed by atoms with E-state index in [-0.39, 0.29) is 36.3 Å². The van der Waals surface area contributed by atoms with Gasteiger partial charge in [0.25, 0.3) is 10.0 Å². The molecule has 11 nitrogen and oxygen atoms in total. The van der Waals surface area contributed by atoms with Gasteiger partial charge in [0.05, 0.1) is 4.90 Å². The molecule has 1 atom stereocenters. The highest BCUT2D eigenvalue weighted by Crippen LogP contribution is 2.45. The first-order valence-electron chi connectivity index (χ1n) is 15.1. The standard InChI is InChI=1S/C34H40N4O7S/c1-19-20(2)30(21(3)26-17-34(4,5)45-29(19)26)46(42,43)38(6)32(35)36-16-15-28(31(39)40)37-33(41)44-18-27-24-13-9-7-11-22(24)23-12-8-10-14-25(23)27/h7-14,27-28H,15-18H2,1-6H3,(H2,35,36)(H,37,41)(H,39,40)/t28-/m1/s1. The maximum Gasteiger partial charge on any atom is 0.407 e. The van der Waals surface area contributed by atoms with E-state index in [9.17, 15) is 23.1 Å². The summed E-state index contributed by atoms with van der Waals surface area (Å²) in [7, 11) is -2.80. The molecule has 46 heavy (non-hydrogen) atoms. The monoisotopic (exact) mass is 648 g/mol. The highest BCUT2D eigenvalue weighted by atomic mass is 32.2. The molecule has 244 valence electrons. The molecule has 3 aromatic rings. The van der Waals surface area contributed by atoms with E-state index < -0.39 is 33.7 Å². The Balaban J connectivity index is 1.23. The predicted octanol–water partition coefficient (Wildman–Crippen LogP) is 4.64. The highest BCUT2D eigenvalue weighted by molar-refractivity contribution is 7.89. The maximum absolute atomic E-state index is 13.8. The summed E-state index contributed by atoms with van der Waals surface area (Å²) in [5.41, 5.74) is 12.6. The summed E-state index contributed by atoms with van der Waals surface area (Å²) in [4.78, 5) is 28.9. The first-order chi connectivity index (χ1) is 21.6. The number of hydrogen-bond acceptors (Lipinski definition) is 7. The molecule has 12 heteroatoms. The summed E-state index contributed by atoms with van der Waals surface area (Å²) in [6.45, 7) is 9.12. The van der Waals surface area contributed by atoms with Crippen LogP contribution in [0.15, 0.2) is 58.4 Å². The molecule has 1 aliphatic heterocycles. The van der Waals surface area contributed by atoms with Gasteiger partial charge in [0.15, 0.2) is 0 Å². The van der Waals surface area contributed by atoms with Crippen LogP contribution in [0.2, 0.25) is 0 Å². The second kappa shape index (κ2) is 12.3. The van der Waals surface area contributed by atoms with E-state index in [0.29, 0.717) is 23.3 Å². The van der Waals surface area contributed by atoms with Crippen LogP contribution in [0.25, 0.3) is 11.1 Å². The third-order valence-corrected chi connectivity index (χ3v) is 10.9. The molecular weight excluding hydrogens is 608 g/mol. The zero-order valence-electron chi connectivity index (χ0n) is 26.9. The number of aliphatic carboxylic acids is 1. The zero-order valence-corrected chi connectivity index (χ0v) is 27.7. The van der Waals surface area contributed by atoms with Gasteiger partial charge in [-0.15, -0.1) is 0 Å². The van der Waals surface area contributed by atoms with Crippen LogP contribution >= 0.6 is 0 Å². The average molecular weight is 649 g/mol. The minimum absolute atomic E-state index is 0.0323. The van der Waals surface area contributed by atoms with Gasteiger partial charge in [0.1, 0.15) is 24.0 Å². The van der Waals surface area contributed by atoms with E-state index in [1.807, 2.05) is 69.3 Å². The minimum atomic E-state index is -4.11. The van der Waals surface area contributed by atoms with E-state index in [2.05, 4.69) is 10.3 Å². The van der Waals surface area contributed by atoms with Crippen LogP contribution in [-0.4, -0.2) is 67.7 Å². The fourth-order valence-electron chi connectivity index (χ4n) is 6.34. The smallest absolute Gasteiger partial charge is 0.407 e. The van der Waals surface area contributed by atoms with Gasteiger partial charge >= 0.3 is 12.1 Å². The summed E-state index contributed by atoms with van der Waals surface area (Å²) < 4.78 is 40.0. The first kappa shape index (κ1) is 32.8. The van der Waals surface area contributed by atoms with E-state index in [0.717, 1.165) is 37.7 Å². The molecule has 3 aromatic carbocycles. The lowest BCUT2D eigenvalue weighted by molar-refractivity contribution is -0.139. The molecule has 5 rings (SSSR count). The number of carbonyl (C=O) groups is 2. The number of carboxylic acid groups (broad SMARTS) is 1. The molecule has 2 aliphatic rings. The fourth-order valence-corrected chi connectivity index (χ4v) is 7.97. The third-order valence-electron chi connectivity index (χ3n) is 8.86. The number of carbonyl (C=O) groups excluding carboxylic acids is 1. The number of guanidine groups is 1. The lowest BCUT2D eigenvalue weighted by atomic mass is 9.94. The molecule has 0 aromatic heterocycles. The number of sulfonamides is 1. The summed E-state index contributed by atoms with van der Waals surface area (Å²) in [6, 6.07) is 14.5. The summed E-state index contributed by atoms with van der Waals surface area (Å²) in [5.74, 6) is -1.05. The van der Waals surface area contributed by atoms with Crippen molar-refractivity contribution < 1.29 is 32.6 Å². The molecule has 1 aliphatic carbocycles. The number of hydrogen-bond donors (Lipinski definition) is 3. The normalized spacial score (nSPS) is 15.7. The summed E-state index contributed by atoms with van der Waals surface area (Å²) in [6.07, 6.45) is -0.453. The molecule has 1 heterocycles. The topological polar surface area (TPSA) is 161 Å². The Morgan fingerprint density at radius 1 is 1.07 bits per heavy atom. The quantitative estimate of drug-likeness (QED) is 0.223. The number of alkyl carbamates (subject to hydrolysis) is 1. The van der Waals surface area contributed by atoms with Crippen LogP contribution < -0.4 is 15.8 Å². The Morgan fingerprint density at radius 3 is 2.24 bits per heavy atom. The van der Waals surface area contributed by atoms with Crippen LogP contribution in [-0.2, 0) is 26.0 Å². The van der Waals surface area contributed by atoms with E-state index >= 15 is 0 Å². The molecule has 0 saturated heterocycles. The van der Waals surface area contributed by atoms with Crippen molar-refractivity contribution in [2.24, 2.45) is 10.7 Å². The van der Waals surface area contributed by atoms with E-state index in [4.69, 9.17) is 15.2 Å². The van der Waals surface area contributed by atoms with Crippen LogP contribution in [0.3, 0.4) is 0 Å². The van der Waals surface area contributed by atoms with Crippen molar-refractivity contribution in [2.45, 2.75) is 69.9 Å². The van der Waals surface area contributed by atoms with Gasteiger partial charge in [-0.1, -0.05) is 48.5 Å². The van der Waals surface area contributed by atoms with Crippen molar-refractivity contribution in [3.05, 3.63) is 81.9 Å². The number of nitrogens with one attached hydrogen (secondary N) is 1. The van der Waals surface area contributed by atoms with Gasteiger partial charge in [0, 0.05) is 31.5 Å². The minimum Gasteiger partial charge on any atom is -0.487 e. The van der Waals surface area contributed by atoms with Crippen LogP contribution in [0.1, 0.15) is 59.6 Å². The predicted molar refractivity (Wildman–Crippen MR) is 175 cm³/mol. The molecule has 0 saturated carbocycles. The van der Waals surface area contributed by atoms with E-state index in [1.165, 1.54) is 7.05 Å². The van der Waals surface area contributed by atoms with Gasteiger partial charge < -0.3 is 25.6 Å². The summed E-state index contributed by atoms with van der Waals surface area (Å²) in [5, 5.41) is 12.1. The van der Waals surface area contributed by atoms with Gasteiger partial charge in [0.2, 0.25) is 5.96 Å². The SMILES string of the molecule is Cc1c(C)c(S(=O)(=O)N(C)C(N)=NCC[C@@H](NC(=O)OCC2c3ccccc3-c3ccccc32)C(=O)O)c(C)c2c1OC(C)(C)C2. The van der Waals surface area contributed by atoms with Crippen LogP contribution in [0.5, 0.6) is 5.75 Å². The molecule has 0 spiro atoms. The second-order valence-corrected chi connectivity index (χ2v) is 14.3. The number of benzene rings is 3. The van der Waals surface area contributed by atoms with Crippen molar-refractivity contribution in [1.29, 1.82) is 0 Å². The lowest BCUT2D eigenvalue weighted by Gasteiger charge is -2.23. The molecule has 0 radical (unpaired) electrons. The molecule has 1 amide bonds. The number of fused-ring (bicyclic) bond motifs is 4. The number of amides is 1. The Hall–Kier alpha value is -4.58. The van der Waals surface area contributed by atoms with Crippen molar-refractivity contribution >= 4 is 28.0 Å². The second-order valence-electron chi connectivity index (χ2n) is 12.4. The number of nitrogens with two attached hydrogens (primary N) is 1. The van der Waals surface area contributed by atoms with Crippen molar-refractivity contribution in [3.63, 3.8) is 0 Å². The van der Waals surface area contributed by atoms with Crippen molar-refractivity contribution in [3.8, 4) is 16.9 Å². The average Bonchev–Trinajstić information content (AvgIpc) is 3.51. The van der Waals surface area contributed by atoms with Gasteiger partial charge in [-0.05, 0) is 80.0 Å². The molecule has 0 fully saturated rings. The van der Waals surface area contributed by atoms with Crippen LogP contribution in [0.4, 0.5) is 4.79 Å². The molecular formula is C34H40N4O7S. The number of carboxylic acids is 1. The van der Waals surface area contributed by atoms with Gasteiger partial charge in [-0.3, -0.25) is 4.99 Å². The Bertz CT molecular complexity index is 1810. The maximum atomic E-state index is 13.8. The van der Waals surface area contributed by atoms with Gasteiger partial charge in [-0.2, -0.15) is 0 Å². The van der Waals surface area contributed by atoms with Crippen LogP contribution in [0, 0.1) is 20.8 Å². The van der Waals surface area contributed by atoms with Crippen molar-refractivity contribution in [1.82, 2.24) is 9.62 Å². The number of ether oxygens (including phenoxy) is 2. The zero-order chi connectivity index (χ0) is 33.6. The first-order valence-corrected chi connectivity index (χ1v) is 16.5. The van der Waals surface area contributed by atoms with Crippen molar-refractivity contribution in [2.75, 3.05) is 20.2 Å². The number of aliphatic imine (C=N–C) groups is 1. The largest absolute Gasteiger partial charge is 0.487 e. The highest BCUT2D eigenvalue weighted by Gasteiger charge is 2.38.